The van der Waals surface area contributed by atoms with E-state index >= 15 is 0 Å². The molecule has 2 fully saturated rings. The van der Waals surface area contributed by atoms with Crippen LogP contribution in [0, 0.1) is 11.8 Å². The van der Waals surface area contributed by atoms with Crippen LogP contribution < -0.4 is 16.4 Å². The molecular weight excluding hydrogens is 478 g/mol. The first-order valence-corrected chi connectivity index (χ1v) is 13.7. The number of carbonyl (C=O) groups is 3. The van der Waals surface area contributed by atoms with E-state index in [1.54, 1.807) is 18.7 Å². The van der Waals surface area contributed by atoms with Gasteiger partial charge in [0.15, 0.2) is 0 Å². The standard InChI is InChI=1S/C26H47N5O6/c1-6-26(5,7-2)36-16-20(29-25(34)37-17(3)4)24(33)31-14-8-9-21(31)23(32)28-15-18-10-12-19(13-11-18)22(27)30-35/h17-21,35H,6-16H2,1-5H3,(H2,27,30)(H,28,32)(H,29,34)/t18-,19-,20-,21+/m1/s1. The Balaban J connectivity index is 2.00. The van der Waals surface area contributed by atoms with E-state index in [2.05, 4.69) is 15.8 Å². The van der Waals surface area contributed by atoms with Crippen LogP contribution in [-0.2, 0) is 19.1 Å². The minimum atomic E-state index is -0.953. The molecule has 0 bridgehead atoms. The Morgan fingerprint density at radius 1 is 1.14 bits per heavy atom. The smallest absolute Gasteiger partial charge is 0.408 e. The molecule has 0 radical (unpaired) electrons. The van der Waals surface area contributed by atoms with Crippen LogP contribution in [0.2, 0.25) is 0 Å². The maximum atomic E-state index is 13.6. The van der Waals surface area contributed by atoms with Gasteiger partial charge in [0, 0.05) is 19.0 Å². The number of hydrogen-bond acceptors (Lipinski definition) is 7. The monoisotopic (exact) mass is 525 g/mol. The molecule has 11 nitrogen and oxygen atoms in total. The van der Waals surface area contributed by atoms with Gasteiger partial charge in [0.2, 0.25) is 11.8 Å². The van der Waals surface area contributed by atoms with Gasteiger partial charge in [-0.05, 0) is 78.1 Å². The number of carbonyl (C=O) groups excluding carboxylic acids is 3. The fourth-order valence-corrected chi connectivity index (χ4v) is 4.91. The number of ether oxygens (including phenoxy) is 2. The maximum absolute atomic E-state index is 13.6. The molecule has 3 amide bonds. The molecule has 2 atom stereocenters. The molecule has 0 aromatic rings. The number of oxime groups is 1. The van der Waals surface area contributed by atoms with Gasteiger partial charge in [-0.1, -0.05) is 19.0 Å². The summed E-state index contributed by atoms with van der Waals surface area (Å²) in [4.78, 5) is 40.6. The second-order valence-electron chi connectivity index (χ2n) is 10.8. The fourth-order valence-electron chi connectivity index (χ4n) is 4.91. The van der Waals surface area contributed by atoms with Crippen molar-refractivity contribution in [1.29, 1.82) is 0 Å². The molecule has 1 aliphatic carbocycles. The van der Waals surface area contributed by atoms with Gasteiger partial charge in [0.05, 0.1) is 18.3 Å². The summed E-state index contributed by atoms with van der Waals surface area (Å²) in [7, 11) is 0. The lowest BCUT2D eigenvalue weighted by atomic mass is 9.81. The molecule has 0 spiro atoms. The van der Waals surface area contributed by atoms with E-state index < -0.39 is 23.8 Å². The lowest BCUT2D eigenvalue weighted by molar-refractivity contribution is -0.143. The molecule has 2 aliphatic rings. The van der Waals surface area contributed by atoms with Crippen LogP contribution in [0.4, 0.5) is 4.79 Å². The van der Waals surface area contributed by atoms with E-state index in [1.807, 2.05) is 20.8 Å². The molecule has 2 rings (SSSR count). The van der Waals surface area contributed by atoms with E-state index in [0.717, 1.165) is 38.5 Å². The SMILES string of the molecule is CCC(C)(CC)OC[C@@H](NC(=O)OC(C)C)C(=O)N1CCC[C@H]1C(=O)NC[C@H]1CC[C@H](C(N)=NO)CC1. The zero-order valence-corrected chi connectivity index (χ0v) is 23.1. The van der Waals surface area contributed by atoms with Crippen LogP contribution in [0.3, 0.4) is 0 Å². The predicted octanol–water partition coefficient (Wildman–Crippen LogP) is 2.74. The number of amidine groups is 1. The number of amides is 3. The second-order valence-corrected chi connectivity index (χ2v) is 10.8. The van der Waals surface area contributed by atoms with E-state index in [9.17, 15) is 14.4 Å². The molecule has 0 aromatic heterocycles. The zero-order chi connectivity index (χ0) is 27.6. The average molecular weight is 526 g/mol. The van der Waals surface area contributed by atoms with Crippen molar-refractivity contribution in [3.8, 4) is 0 Å². The number of nitrogens with two attached hydrogens (primary N) is 1. The van der Waals surface area contributed by atoms with Crippen molar-refractivity contribution in [3.05, 3.63) is 0 Å². The summed E-state index contributed by atoms with van der Waals surface area (Å²) in [5.41, 5.74) is 5.31. The quantitative estimate of drug-likeness (QED) is 0.132. The number of nitrogens with one attached hydrogen (secondary N) is 2. The van der Waals surface area contributed by atoms with E-state index in [4.69, 9.17) is 20.4 Å². The van der Waals surface area contributed by atoms with Crippen molar-refractivity contribution in [3.63, 3.8) is 0 Å². The van der Waals surface area contributed by atoms with Crippen molar-refractivity contribution in [2.45, 2.75) is 110 Å². The van der Waals surface area contributed by atoms with E-state index in [1.165, 1.54) is 0 Å². The van der Waals surface area contributed by atoms with Crippen molar-refractivity contribution in [2.24, 2.45) is 22.7 Å². The zero-order valence-electron chi connectivity index (χ0n) is 23.1. The van der Waals surface area contributed by atoms with Crippen molar-refractivity contribution < 1.29 is 29.1 Å². The number of alkyl carbamates (subject to hydrolysis) is 1. The molecule has 37 heavy (non-hydrogen) atoms. The minimum absolute atomic E-state index is 0.00143. The first-order chi connectivity index (χ1) is 17.5. The van der Waals surface area contributed by atoms with Gasteiger partial charge in [-0.25, -0.2) is 4.79 Å². The van der Waals surface area contributed by atoms with Gasteiger partial charge < -0.3 is 35.9 Å². The van der Waals surface area contributed by atoms with Gasteiger partial charge in [-0.2, -0.15) is 0 Å². The Kier molecular flexibility index (Phi) is 11.9. The number of nitrogens with zero attached hydrogens (tertiary/aromatic N) is 2. The van der Waals surface area contributed by atoms with Crippen LogP contribution in [0.1, 0.15) is 86.0 Å². The van der Waals surface area contributed by atoms with Crippen molar-refractivity contribution in [2.75, 3.05) is 19.7 Å². The van der Waals surface area contributed by atoms with Gasteiger partial charge >= 0.3 is 6.09 Å². The molecule has 1 saturated carbocycles. The molecular formula is C26H47N5O6. The van der Waals surface area contributed by atoms with Crippen LogP contribution in [0.15, 0.2) is 5.16 Å². The number of rotatable bonds is 12. The Hall–Kier alpha value is -2.56. The van der Waals surface area contributed by atoms with Crippen LogP contribution in [-0.4, -0.2) is 77.3 Å². The highest BCUT2D eigenvalue weighted by molar-refractivity contribution is 5.92. The highest BCUT2D eigenvalue weighted by Crippen LogP contribution is 2.29. The first-order valence-electron chi connectivity index (χ1n) is 13.7. The third-order valence-electron chi connectivity index (χ3n) is 7.81. The third-order valence-corrected chi connectivity index (χ3v) is 7.81. The molecule has 1 saturated heterocycles. The summed E-state index contributed by atoms with van der Waals surface area (Å²) in [6.07, 6.45) is 5.17. The summed E-state index contributed by atoms with van der Waals surface area (Å²) in [6, 6.07) is -1.54. The van der Waals surface area contributed by atoms with Gasteiger partial charge in [-0.3, -0.25) is 9.59 Å². The Morgan fingerprint density at radius 2 is 1.78 bits per heavy atom. The summed E-state index contributed by atoms with van der Waals surface area (Å²) in [5, 5.41) is 17.7. The lowest BCUT2D eigenvalue weighted by Crippen LogP contribution is -2.56. The molecule has 212 valence electrons. The van der Waals surface area contributed by atoms with Gasteiger partial charge in [0.25, 0.3) is 0 Å². The summed E-state index contributed by atoms with van der Waals surface area (Å²) in [5.74, 6) is 0.140. The van der Waals surface area contributed by atoms with Crippen LogP contribution >= 0.6 is 0 Å². The lowest BCUT2D eigenvalue weighted by Gasteiger charge is -2.33. The van der Waals surface area contributed by atoms with Crippen LogP contribution in [0.5, 0.6) is 0 Å². The highest BCUT2D eigenvalue weighted by Gasteiger charge is 2.39. The molecule has 11 heteroatoms. The molecule has 0 unspecified atom stereocenters. The second kappa shape index (κ2) is 14.4. The van der Waals surface area contributed by atoms with Gasteiger partial charge in [-0.15, -0.1) is 0 Å². The first kappa shape index (κ1) is 30.7. The largest absolute Gasteiger partial charge is 0.447 e. The van der Waals surface area contributed by atoms with Crippen molar-refractivity contribution in [1.82, 2.24) is 15.5 Å². The normalized spacial score (nSPS) is 23.6. The number of likely N-dealkylation sites (tertiary alicyclic amines) is 1. The highest BCUT2D eigenvalue weighted by atomic mass is 16.6. The molecule has 0 aromatic carbocycles. The Morgan fingerprint density at radius 3 is 2.35 bits per heavy atom. The van der Waals surface area contributed by atoms with Crippen molar-refractivity contribution >= 4 is 23.7 Å². The Bertz CT molecular complexity index is 792. The van der Waals surface area contributed by atoms with E-state index in [-0.39, 0.29) is 36.3 Å². The van der Waals surface area contributed by atoms with Crippen LogP contribution in [0.25, 0.3) is 0 Å². The average Bonchev–Trinajstić information content (AvgIpc) is 3.38. The topological polar surface area (TPSA) is 156 Å². The van der Waals surface area contributed by atoms with Gasteiger partial charge in [0.1, 0.15) is 17.9 Å². The fraction of sp³-hybridized carbons (Fsp3) is 0.846. The maximum Gasteiger partial charge on any atom is 0.408 e. The third kappa shape index (κ3) is 9.05. The number of hydrogen-bond donors (Lipinski definition) is 4. The van der Waals surface area contributed by atoms with E-state index in [0.29, 0.717) is 31.8 Å². The predicted molar refractivity (Wildman–Crippen MR) is 140 cm³/mol. The summed E-state index contributed by atoms with van der Waals surface area (Å²) >= 11 is 0. The molecule has 1 aliphatic heterocycles. The molecule has 1 heterocycles. The molecule has 5 N–H and O–H groups in total. The summed E-state index contributed by atoms with van der Waals surface area (Å²) in [6.45, 7) is 10.5. The minimum Gasteiger partial charge on any atom is -0.447 e. The summed E-state index contributed by atoms with van der Waals surface area (Å²) < 4.78 is 11.3. The Labute approximate surface area is 220 Å².